The minimum absolute atomic E-state index is 0.347. The predicted octanol–water partition coefficient (Wildman–Crippen LogP) is 10.6. The molecule has 2 spiro atoms. The van der Waals surface area contributed by atoms with Crippen molar-refractivity contribution in [2.24, 2.45) is 34.5 Å². The quantitative estimate of drug-likeness (QED) is 0.189. The van der Waals surface area contributed by atoms with Gasteiger partial charge in [0.1, 0.15) is 6.17 Å². The number of Topliss-reactive ketones (excluding diaryl/α,β-unsaturated/α-hetero) is 1. The first-order chi connectivity index (χ1) is 20.5. The molecular weight excluding hydrogens is 523 g/mol. The molecule has 0 amide bonds. The summed E-state index contributed by atoms with van der Waals surface area (Å²) in [6.07, 6.45) is 27.6. The summed E-state index contributed by atoms with van der Waals surface area (Å²) in [4.78, 5) is 13.8. The lowest BCUT2D eigenvalue weighted by atomic mass is 9.41. The van der Waals surface area contributed by atoms with E-state index in [4.69, 9.17) is 9.47 Å². The summed E-state index contributed by atoms with van der Waals surface area (Å²) < 4.78 is 28.6. The van der Waals surface area contributed by atoms with Gasteiger partial charge in [-0.2, -0.15) is 0 Å². The topological polar surface area (TPSA) is 35.5 Å². The molecule has 5 rings (SSSR count). The normalized spacial score (nSPS) is 40.8. The molecule has 5 aliphatic carbocycles. The van der Waals surface area contributed by atoms with Crippen LogP contribution in [-0.2, 0) is 14.3 Å². The summed E-state index contributed by atoms with van der Waals surface area (Å²) in [6.45, 7) is 6.37. The van der Waals surface area contributed by atoms with Crippen LogP contribution in [-0.4, -0.2) is 37.4 Å². The van der Waals surface area contributed by atoms with Gasteiger partial charge in [0.2, 0.25) is 0 Å². The van der Waals surface area contributed by atoms with E-state index in [1.165, 1.54) is 103 Å². The number of hydrogen-bond acceptors (Lipinski definition) is 3. The number of alkyl halides is 1. The van der Waals surface area contributed by atoms with Crippen molar-refractivity contribution < 1.29 is 18.7 Å². The van der Waals surface area contributed by atoms with Crippen molar-refractivity contribution in [3.63, 3.8) is 0 Å². The fourth-order valence-electron chi connectivity index (χ4n) is 10.4. The lowest BCUT2D eigenvalue weighted by molar-refractivity contribution is -0.195. The van der Waals surface area contributed by atoms with Gasteiger partial charge < -0.3 is 9.47 Å². The summed E-state index contributed by atoms with van der Waals surface area (Å²) in [5.74, 6) is 3.27. The van der Waals surface area contributed by atoms with Crippen molar-refractivity contribution >= 4 is 5.78 Å². The van der Waals surface area contributed by atoms with Crippen LogP contribution in [0.2, 0.25) is 0 Å². The van der Waals surface area contributed by atoms with E-state index in [9.17, 15) is 4.79 Å². The van der Waals surface area contributed by atoms with Crippen LogP contribution >= 0.6 is 0 Å². The summed E-state index contributed by atoms with van der Waals surface area (Å²) >= 11 is 0. The number of carbonyl (C=O) groups excluding carboxylic acids is 1. The molecule has 42 heavy (non-hydrogen) atoms. The Balaban J connectivity index is 0.992. The standard InChI is InChI=1S/C38H65FO3/c1-3-5-7-9-27-41-33-15-11-29(12-16-33)31-19-23-37(24-20-31)35(39)38(36(37)40)25-21-32(22-26-38)30-13-17-34(18-14-30)42-28-10-8-6-4-2/h29-35H,3-28H2,1-2H3/t29-,30-,31?,32?,33-,34-,35?,37?,38?. The molecule has 5 fully saturated rings. The monoisotopic (exact) mass is 588 g/mol. The van der Waals surface area contributed by atoms with Crippen molar-refractivity contribution in [2.75, 3.05) is 13.2 Å². The maximum Gasteiger partial charge on any atom is 0.151 e. The third-order valence-electron chi connectivity index (χ3n) is 13.2. The van der Waals surface area contributed by atoms with Crippen LogP contribution in [0.1, 0.15) is 168 Å². The molecule has 4 heteroatoms. The van der Waals surface area contributed by atoms with E-state index in [2.05, 4.69) is 13.8 Å². The second-order valence-electron chi connectivity index (χ2n) is 15.6. The summed E-state index contributed by atoms with van der Waals surface area (Å²) in [7, 11) is 0. The molecule has 0 heterocycles. The molecule has 0 saturated heterocycles. The SMILES string of the molecule is CCCCCCO[C@H]1CC[C@H](C2CCC3(CC2)C(=O)C2(CCC([C@H]4CC[C@H](OCCCCCC)CC4)CC2)C3F)CC1. The number of carbonyl (C=O) groups is 1. The molecule has 0 N–H and O–H groups in total. The first-order valence-electron chi connectivity index (χ1n) is 18.9. The number of ketones is 1. The third-order valence-corrected chi connectivity index (χ3v) is 13.2. The molecule has 242 valence electrons. The smallest absolute Gasteiger partial charge is 0.151 e. The Hall–Kier alpha value is -0.480. The molecule has 0 aromatic carbocycles. The summed E-state index contributed by atoms with van der Waals surface area (Å²) in [5.41, 5.74) is -1.23. The molecule has 0 radical (unpaired) electrons. The molecule has 0 atom stereocenters. The van der Waals surface area contributed by atoms with E-state index in [0.717, 1.165) is 76.4 Å². The maximum absolute atomic E-state index is 16.2. The predicted molar refractivity (Wildman–Crippen MR) is 170 cm³/mol. The van der Waals surface area contributed by atoms with Gasteiger partial charge in [-0.25, -0.2) is 4.39 Å². The van der Waals surface area contributed by atoms with Crippen LogP contribution in [0.3, 0.4) is 0 Å². The first kappa shape index (κ1) is 32.9. The molecule has 3 nitrogen and oxygen atoms in total. The number of unbranched alkanes of at least 4 members (excludes halogenated alkanes) is 6. The van der Waals surface area contributed by atoms with Crippen LogP contribution in [0, 0.1) is 34.5 Å². The van der Waals surface area contributed by atoms with E-state index in [1.54, 1.807) is 0 Å². The van der Waals surface area contributed by atoms with Gasteiger partial charge in [-0.05, 0) is 139 Å². The lowest BCUT2D eigenvalue weighted by Crippen LogP contribution is -2.69. The van der Waals surface area contributed by atoms with Gasteiger partial charge >= 0.3 is 0 Å². The van der Waals surface area contributed by atoms with Gasteiger partial charge in [-0.3, -0.25) is 4.79 Å². The maximum atomic E-state index is 16.2. The zero-order valence-corrected chi connectivity index (χ0v) is 27.5. The van der Waals surface area contributed by atoms with E-state index in [0.29, 0.717) is 29.8 Å². The van der Waals surface area contributed by atoms with Gasteiger partial charge in [0.25, 0.3) is 0 Å². The van der Waals surface area contributed by atoms with Crippen LogP contribution < -0.4 is 0 Å². The van der Waals surface area contributed by atoms with Crippen LogP contribution in [0.4, 0.5) is 4.39 Å². The average Bonchev–Trinajstić information content (AvgIpc) is 3.05. The molecule has 0 aliphatic heterocycles. The second kappa shape index (κ2) is 15.7. The molecule has 0 aromatic rings. The van der Waals surface area contributed by atoms with Gasteiger partial charge in [0, 0.05) is 13.2 Å². The number of halogens is 1. The Morgan fingerprint density at radius 2 is 0.905 bits per heavy atom. The Labute approximate surface area is 258 Å². The van der Waals surface area contributed by atoms with Crippen molar-refractivity contribution in [1.29, 1.82) is 0 Å². The average molecular weight is 589 g/mol. The first-order valence-corrected chi connectivity index (χ1v) is 18.9. The van der Waals surface area contributed by atoms with E-state index >= 15 is 4.39 Å². The minimum atomic E-state index is -0.881. The van der Waals surface area contributed by atoms with Gasteiger partial charge in [0.05, 0.1) is 23.0 Å². The van der Waals surface area contributed by atoms with Crippen molar-refractivity contribution in [3.05, 3.63) is 0 Å². The number of rotatable bonds is 14. The highest BCUT2D eigenvalue weighted by atomic mass is 19.1. The molecule has 0 bridgehead atoms. The van der Waals surface area contributed by atoms with Crippen LogP contribution in [0.25, 0.3) is 0 Å². The third kappa shape index (κ3) is 7.32. The highest BCUT2D eigenvalue weighted by molar-refractivity contribution is 5.98. The molecule has 0 aromatic heterocycles. The molecule has 5 aliphatic rings. The fraction of sp³-hybridized carbons (Fsp3) is 0.974. The van der Waals surface area contributed by atoms with Crippen molar-refractivity contribution in [2.45, 2.75) is 186 Å². The highest BCUT2D eigenvalue weighted by Gasteiger charge is 2.71. The fourth-order valence-corrected chi connectivity index (χ4v) is 10.4. The number of ether oxygens (including phenoxy) is 2. The lowest BCUT2D eigenvalue weighted by Gasteiger charge is -2.62. The summed E-state index contributed by atoms with van der Waals surface area (Å²) in [6, 6.07) is 0. The number of hydrogen-bond donors (Lipinski definition) is 0. The van der Waals surface area contributed by atoms with Crippen LogP contribution in [0.15, 0.2) is 0 Å². The minimum Gasteiger partial charge on any atom is -0.378 e. The van der Waals surface area contributed by atoms with Crippen molar-refractivity contribution in [3.8, 4) is 0 Å². The zero-order valence-electron chi connectivity index (χ0n) is 27.5. The molecule has 0 unspecified atom stereocenters. The highest BCUT2D eigenvalue weighted by Crippen LogP contribution is 2.66. The van der Waals surface area contributed by atoms with Crippen LogP contribution in [0.5, 0.6) is 0 Å². The largest absolute Gasteiger partial charge is 0.378 e. The summed E-state index contributed by atoms with van der Waals surface area (Å²) in [5, 5.41) is 0. The van der Waals surface area contributed by atoms with Gasteiger partial charge in [0.15, 0.2) is 5.78 Å². The Morgan fingerprint density at radius 3 is 1.24 bits per heavy atom. The Bertz CT molecular complexity index is 731. The molecule has 5 saturated carbocycles. The Kier molecular flexibility index (Phi) is 12.3. The zero-order chi connectivity index (χ0) is 29.4. The van der Waals surface area contributed by atoms with E-state index < -0.39 is 17.0 Å². The molecular formula is C38H65FO3. The van der Waals surface area contributed by atoms with Gasteiger partial charge in [-0.15, -0.1) is 0 Å². The van der Waals surface area contributed by atoms with Gasteiger partial charge in [-0.1, -0.05) is 52.4 Å². The van der Waals surface area contributed by atoms with E-state index in [-0.39, 0.29) is 0 Å². The van der Waals surface area contributed by atoms with E-state index in [1.807, 2.05) is 0 Å². The van der Waals surface area contributed by atoms with Crippen molar-refractivity contribution in [1.82, 2.24) is 0 Å². The Morgan fingerprint density at radius 1 is 0.548 bits per heavy atom. The second-order valence-corrected chi connectivity index (χ2v) is 15.6.